The van der Waals surface area contributed by atoms with Gasteiger partial charge in [-0.3, -0.25) is 4.79 Å². The van der Waals surface area contributed by atoms with E-state index in [0.717, 1.165) is 19.5 Å². The lowest BCUT2D eigenvalue weighted by Gasteiger charge is -2.38. The highest BCUT2D eigenvalue weighted by Crippen LogP contribution is 2.30. The van der Waals surface area contributed by atoms with Crippen molar-refractivity contribution in [2.75, 3.05) is 25.9 Å². The largest absolute Gasteiger partial charge is 0.495 e. The van der Waals surface area contributed by atoms with Crippen molar-refractivity contribution in [2.45, 2.75) is 26.7 Å². The van der Waals surface area contributed by atoms with Crippen molar-refractivity contribution in [3.8, 4) is 5.75 Å². The normalized spacial score (nSPS) is 18.2. The van der Waals surface area contributed by atoms with Crippen LogP contribution in [0.4, 0.5) is 5.69 Å². The van der Waals surface area contributed by atoms with Crippen LogP contribution in [0.15, 0.2) is 18.2 Å². The number of ether oxygens (including phenoxy) is 1. The minimum Gasteiger partial charge on any atom is -0.495 e. The number of carbonyl (C=O) groups excluding carboxylic acids is 1. The maximum Gasteiger partial charge on any atom is 0.254 e. The van der Waals surface area contributed by atoms with Crippen LogP contribution in [0.5, 0.6) is 5.75 Å². The molecule has 4 heteroatoms. The molecule has 0 unspecified atom stereocenters. The Hall–Kier alpha value is -1.71. The van der Waals surface area contributed by atoms with Gasteiger partial charge in [-0.1, -0.05) is 13.8 Å². The van der Waals surface area contributed by atoms with Crippen molar-refractivity contribution in [2.24, 2.45) is 5.41 Å². The van der Waals surface area contributed by atoms with Gasteiger partial charge in [-0.15, -0.1) is 0 Å². The summed E-state index contributed by atoms with van der Waals surface area (Å²) in [4.78, 5) is 14.4. The number of hydrogen-bond acceptors (Lipinski definition) is 3. The number of nitrogen functional groups attached to an aromatic ring is 1. The van der Waals surface area contributed by atoms with E-state index in [0.29, 0.717) is 17.0 Å². The average Bonchev–Trinajstić information content (AvgIpc) is 2.37. The van der Waals surface area contributed by atoms with E-state index >= 15 is 0 Å². The molecule has 1 aromatic carbocycles. The van der Waals surface area contributed by atoms with Crippen molar-refractivity contribution >= 4 is 11.6 Å². The van der Waals surface area contributed by atoms with Crippen molar-refractivity contribution in [3.05, 3.63) is 23.8 Å². The van der Waals surface area contributed by atoms with Gasteiger partial charge < -0.3 is 15.4 Å². The Morgan fingerprint density at radius 1 is 1.42 bits per heavy atom. The second kappa shape index (κ2) is 5.11. The summed E-state index contributed by atoms with van der Waals surface area (Å²) in [6, 6.07) is 5.21. The SMILES string of the molecule is COc1cc(C(=O)N2CCCC(C)(C)C2)ccc1N. The summed E-state index contributed by atoms with van der Waals surface area (Å²) in [6.07, 6.45) is 2.23. The number of carbonyl (C=O) groups is 1. The third-order valence-electron chi connectivity index (χ3n) is 3.67. The second-order valence-corrected chi connectivity index (χ2v) is 5.95. The number of likely N-dealkylation sites (tertiary alicyclic amines) is 1. The van der Waals surface area contributed by atoms with Crippen LogP contribution < -0.4 is 10.5 Å². The highest BCUT2D eigenvalue weighted by atomic mass is 16.5. The molecule has 1 aliphatic heterocycles. The molecule has 0 aromatic heterocycles. The lowest BCUT2D eigenvalue weighted by molar-refractivity contribution is 0.0583. The predicted molar refractivity (Wildman–Crippen MR) is 76.3 cm³/mol. The van der Waals surface area contributed by atoms with Crippen molar-refractivity contribution < 1.29 is 9.53 Å². The maximum absolute atomic E-state index is 12.5. The Balaban J connectivity index is 2.19. The summed E-state index contributed by atoms with van der Waals surface area (Å²) in [5.41, 5.74) is 7.17. The molecular formula is C15H22N2O2. The zero-order chi connectivity index (χ0) is 14.0. The van der Waals surface area contributed by atoms with Gasteiger partial charge in [0.2, 0.25) is 0 Å². The van der Waals surface area contributed by atoms with E-state index in [4.69, 9.17) is 10.5 Å². The minimum absolute atomic E-state index is 0.0612. The molecular weight excluding hydrogens is 240 g/mol. The maximum atomic E-state index is 12.5. The van der Waals surface area contributed by atoms with E-state index in [1.54, 1.807) is 25.3 Å². The number of nitrogens with two attached hydrogens (primary N) is 1. The standard InChI is InChI=1S/C15H22N2O2/c1-15(2)7-4-8-17(10-15)14(18)11-5-6-12(16)13(9-11)19-3/h5-6,9H,4,7-8,10,16H2,1-3H3. The van der Waals surface area contributed by atoms with Crippen LogP contribution >= 0.6 is 0 Å². The average molecular weight is 262 g/mol. The molecule has 0 saturated carbocycles. The van der Waals surface area contributed by atoms with Crippen LogP contribution in [-0.4, -0.2) is 31.0 Å². The van der Waals surface area contributed by atoms with Gasteiger partial charge in [-0.05, 0) is 36.5 Å². The molecule has 0 atom stereocenters. The van der Waals surface area contributed by atoms with Crippen LogP contribution in [0, 0.1) is 5.41 Å². The van der Waals surface area contributed by atoms with E-state index in [9.17, 15) is 4.79 Å². The molecule has 2 rings (SSSR count). The van der Waals surface area contributed by atoms with Crippen LogP contribution in [0.1, 0.15) is 37.0 Å². The van der Waals surface area contributed by atoms with Gasteiger partial charge in [-0.25, -0.2) is 0 Å². The van der Waals surface area contributed by atoms with Gasteiger partial charge in [0.25, 0.3) is 5.91 Å². The minimum atomic E-state index is 0.0612. The zero-order valence-electron chi connectivity index (χ0n) is 11.9. The van der Waals surface area contributed by atoms with E-state index in [1.807, 2.05) is 4.90 Å². The number of piperidine rings is 1. The number of amides is 1. The third kappa shape index (κ3) is 3.00. The molecule has 1 fully saturated rings. The summed E-state index contributed by atoms with van der Waals surface area (Å²) in [7, 11) is 1.56. The third-order valence-corrected chi connectivity index (χ3v) is 3.67. The molecule has 0 spiro atoms. The van der Waals surface area contributed by atoms with E-state index in [-0.39, 0.29) is 11.3 Å². The topological polar surface area (TPSA) is 55.6 Å². The molecule has 0 bridgehead atoms. The highest BCUT2D eigenvalue weighted by Gasteiger charge is 2.29. The summed E-state index contributed by atoms with van der Waals surface area (Å²) >= 11 is 0. The van der Waals surface area contributed by atoms with E-state index in [2.05, 4.69) is 13.8 Å². The van der Waals surface area contributed by atoms with E-state index < -0.39 is 0 Å². The fourth-order valence-corrected chi connectivity index (χ4v) is 2.62. The molecule has 1 aliphatic rings. The Kier molecular flexibility index (Phi) is 3.69. The zero-order valence-corrected chi connectivity index (χ0v) is 11.9. The van der Waals surface area contributed by atoms with Crippen molar-refractivity contribution in [3.63, 3.8) is 0 Å². The number of rotatable bonds is 2. The number of nitrogens with zero attached hydrogens (tertiary/aromatic N) is 1. The van der Waals surface area contributed by atoms with Crippen LogP contribution in [-0.2, 0) is 0 Å². The summed E-state index contributed by atoms with van der Waals surface area (Å²) in [5, 5.41) is 0. The fourth-order valence-electron chi connectivity index (χ4n) is 2.62. The van der Waals surface area contributed by atoms with E-state index in [1.165, 1.54) is 6.42 Å². The number of benzene rings is 1. The van der Waals surface area contributed by atoms with Crippen molar-refractivity contribution in [1.82, 2.24) is 4.90 Å². The van der Waals surface area contributed by atoms with Crippen LogP contribution in [0.3, 0.4) is 0 Å². The molecule has 0 radical (unpaired) electrons. The Bertz CT molecular complexity index is 483. The molecule has 1 amide bonds. The molecule has 1 heterocycles. The molecule has 2 N–H and O–H groups in total. The van der Waals surface area contributed by atoms with Gasteiger partial charge in [0.05, 0.1) is 12.8 Å². The van der Waals surface area contributed by atoms with Crippen molar-refractivity contribution in [1.29, 1.82) is 0 Å². The molecule has 1 saturated heterocycles. The monoisotopic (exact) mass is 262 g/mol. The number of anilines is 1. The summed E-state index contributed by atoms with van der Waals surface area (Å²) < 4.78 is 5.17. The summed E-state index contributed by atoms with van der Waals surface area (Å²) in [5.74, 6) is 0.619. The first-order valence-corrected chi connectivity index (χ1v) is 6.66. The number of hydrogen-bond donors (Lipinski definition) is 1. The number of methoxy groups -OCH3 is 1. The first-order valence-electron chi connectivity index (χ1n) is 6.66. The summed E-state index contributed by atoms with van der Waals surface area (Å²) in [6.45, 7) is 6.04. The predicted octanol–water partition coefficient (Wildman–Crippen LogP) is 2.54. The first-order chi connectivity index (χ1) is 8.93. The Morgan fingerprint density at radius 3 is 2.79 bits per heavy atom. The van der Waals surface area contributed by atoms with Gasteiger partial charge >= 0.3 is 0 Å². The molecule has 19 heavy (non-hydrogen) atoms. The lowest BCUT2D eigenvalue weighted by Crippen LogP contribution is -2.43. The molecule has 1 aromatic rings. The van der Waals surface area contributed by atoms with Gasteiger partial charge in [0, 0.05) is 18.7 Å². The quantitative estimate of drug-likeness (QED) is 0.833. The highest BCUT2D eigenvalue weighted by molar-refractivity contribution is 5.95. The molecule has 0 aliphatic carbocycles. The van der Waals surface area contributed by atoms with Gasteiger partial charge in [0.15, 0.2) is 0 Å². The van der Waals surface area contributed by atoms with Gasteiger partial charge in [0.1, 0.15) is 5.75 Å². The Morgan fingerprint density at radius 2 is 2.16 bits per heavy atom. The van der Waals surface area contributed by atoms with Crippen LogP contribution in [0.25, 0.3) is 0 Å². The van der Waals surface area contributed by atoms with Crippen LogP contribution in [0.2, 0.25) is 0 Å². The Labute approximate surface area is 114 Å². The second-order valence-electron chi connectivity index (χ2n) is 5.95. The molecule has 104 valence electrons. The van der Waals surface area contributed by atoms with Gasteiger partial charge in [-0.2, -0.15) is 0 Å². The smallest absolute Gasteiger partial charge is 0.254 e. The molecule has 4 nitrogen and oxygen atoms in total. The lowest BCUT2D eigenvalue weighted by atomic mass is 9.84. The fraction of sp³-hybridized carbons (Fsp3) is 0.533. The first kappa shape index (κ1) is 13.7.